The van der Waals surface area contributed by atoms with Gasteiger partial charge in [-0.3, -0.25) is 0 Å². The fraction of sp³-hybridized carbons (Fsp3) is 0.458. The predicted molar refractivity (Wildman–Crippen MR) is 120 cm³/mol. The third-order valence-corrected chi connectivity index (χ3v) is 6.35. The number of halogens is 3. The molecule has 34 heavy (non-hydrogen) atoms. The average molecular weight is 476 g/mol. The SMILES string of the molecule is COc1nc2nc(C)nc(N[C@@H](C)c3cccc(C(F)F)c3F)c2cc1C1(O)CCC(O)CC1. The Morgan fingerprint density at radius 2 is 1.82 bits per heavy atom. The molecule has 1 aliphatic rings. The molecule has 2 heterocycles. The van der Waals surface area contributed by atoms with Crippen molar-refractivity contribution < 1.29 is 28.1 Å². The van der Waals surface area contributed by atoms with Gasteiger partial charge >= 0.3 is 0 Å². The number of rotatable bonds is 6. The molecule has 7 nitrogen and oxygen atoms in total. The van der Waals surface area contributed by atoms with E-state index in [1.807, 2.05) is 0 Å². The topological polar surface area (TPSA) is 100 Å². The molecule has 10 heteroatoms. The van der Waals surface area contributed by atoms with Crippen molar-refractivity contribution in [2.75, 3.05) is 12.4 Å². The molecular formula is C24H27F3N4O3. The van der Waals surface area contributed by atoms with E-state index in [0.717, 1.165) is 6.07 Å². The first-order valence-corrected chi connectivity index (χ1v) is 11.1. The molecule has 3 aromatic rings. The van der Waals surface area contributed by atoms with Crippen LogP contribution in [0.25, 0.3) is 11.0 Å². The highest BCUT2D eigenvalue weighted by Gasteiger charge is 2.38. The maximum Gasteiger partial charge on any atom is 0.266 e. The molecule has 1 aliphatic carbocycles. The quantitative estimate of drug-likeness (QED) is 0.474. The van der Waals surface area contributed by atoms with Gasteiger partial charge in [0.05, 0.1) is 35.8 Å². The lowest BCUT2D eigenvalue weighted by Gasteiger charge is -2.35. The van der Waals surface area contributed by atoms with E-state index in [2.05, 4.69) is 20.3 Å². The first kappa shape index (κ1) is 24.2. The summed E-state index contributed by atoms with van der Waals surface area (Å²) in [6.45, 7) is 3.32. The molecule has 0 radical (unpaired) electrons. The van der Waals surface area contributed by atoms with Gasteiger partial charge in [0.2, 0.25) is 5.88 Å². The fourth-order valence-corrected chi connectivity index (χ4v) is 4.45. The largest absolute Gasteiger partial charge is 0.481 e. The number of nitrogens with one attached hydrogen (secondary N) is 1. The number of ether oxygens (including phenoxy) is 1. The Morgan fingerprint density at radius 3 is 2.47 bits per heavy atom. The van der Waals surface area contributed by atoms with Gasteiger partial charge in [0.15, 0.2) is 5.65 Å². The number of methoxy groups -OCH3 is 1. The number of aromatic nitrogens is 3. The van der Waals surface area contributed by atoms with Crippen LogP contribution in [0.2, 0.25) is 0 Å². The van der Waals surface area contributed by atoms with E-state index >= 15 is 0 Å². The molecule has 4 rings (SSSR count). The zero-order valence-electron chi connectivity index (χ0n) is 19.1. The van der Waals surface area contributed by atoms with E-state index < -0.39 is 35.6 Å². The van der Waals surface area contributed by atoms with Gasteiger partial charge in [-0.25, -0.2) is 23.1 Å². The smallest absolute Gasteiger partial charge is 0.266 e. The van der Waals surface area contributed by atoms with Crippen molar-refractivity contribution in [2.45, 2.75) is 63.7 Å². The summed E-state index contributed by atoms with van der Waals surface area (Å²) in [5, 5.41) is 24.8. The summed E-state index contributed by atoms with van der Waals surface area (Å²) in [4.78, 5) is 13.3. The monoisotopic (exact) mass is 476 g/mol. The number of hydrogen-bond donors (Lipinski definition) is 3. The highest BCUT2D eigenvalue weighted by molar-refractivity contribution is 5.88. The Balaban J connectivity index is 1.78. The van der Waals surface area contributed by atoms with Gasteiger partial charge in [-0.15, -0.1) is 0 Å². The molecule has 0 spiro atoms. The minimum Gasteiger partial charge on any atom is -0.481 e. The van der Waals surface area contributed by atoms with Gasteiger partial charge in [0, 0.05) is 11.1 Å². The van der Waals surface area contributed by atoms with Crippen LogP contribution < -0.4 is 10.1 Å². The van der Waals surface area contributed by atoms with Crippen molar-refractivity contribution in [3.05, 3.63) is 52.6 Å². The minimum atomic E-state index is -2.93. The van der Waals surface area contributed by atoms with Crippen molar-refractivity contribution in [3.63, 3.8) is 0 Å². The zero-order chi connectivity index (χ0) is 24.6. The van der Waals surface area contributed by atoms with Gasteiger partial charge in [-0.2, -0.15) is 4.98 Å². The lowest BCUT2D eigenvalue weighted by Crippen LogP contribution is -2.34. The molecular weight excluding hydrogens is 449 g/mol. The van der Waals surface area contributed by atoms with Crippen LogP contribution in [0.4, 0.5) is 19.0 Å². The number of benzene rings is 1. The predicted octanol–water partition coefficient (Wildman–Crippen LogP) is 4.71. The van der Waals surface area contributed by atoms with Crippen molar-refractivity contribution in [3.8, 4) is 5.88 Å². The number of nitrogens with zero attached hydrogens (tertiary/aromatic N) is 3. The molecule has 2 aromatic heterocycles. The number of aliphatic hydroxyl groups excluding tert-OH is 1. The standard InChI is InChI=1S/C24H27F3N4O3/c1-12(15-5-4-6-16(19(15)25)20(26)27)28-21-17-11-18(24(33)9-7-14(32)8-10-24)23(34-3)31-22(17)30-13(2)29-21/h4-6,11-12,14,20,32-33H,7-10H2,1-3H3,(H,28,29,30,31)/t12-,14?,24?/m0/s1. The number of aliphatic hydroxyl groups is 2. The molecule has 0 aliphatic heterocycles. The summed E-state index contributed by atoms with van der Waals surface area (Å²) in [5.41, 5.74) is -1.08. The molecule has 1 saturated carbocycles. The lowest BCUT2D eigenvalue weighted by molar-refractivity contribution is -0.0377. The van der Waals surface area contributed by atoms with Gasteiger partial charge in [-0.05, 0) is 45.6 Å². The minimum absolute atomic E-state index is 0.0730. The van der Waals surface area contributed by atoms with E-state index in [0.29, 0.717) is 53.9 Å². The van der Waals surface area contributed by atoms with E-state index in [-0.39, 0.29) is 11.4 Å². The maximum atomic E-state index is 14.7. The van der Waals surface area contributed by atoms with Gasteiger partial charge in [-0.1, -0.05) is 18.2 Å². The Bertz CT molecular complexity index is 1200. The second-order valence-electron chi connectivity index (χ2n) is 8.72. The number of fused-ring (bicyclic) bond motifs is 1. The van der Waals surface area contributed by atoms with Crippen molar-refractivity contribution in [1.29, 1.82) is 0 Å². The van der Waals surface area contributed by atoms with Crippen molar-refractivity contribution in [2.24, 2.45) is 0 Å². The summed E-state index contributed by atoms with van der Waals surface area (Å²) in [6, 6.07) is 4.88. The van der Waals surface area contributed by atoms with Crippen LogP contribution in [0.15, 0.2) is 24.3 Å². The van der Waals surface area contributed by atoms with Gasteiger partial charge < -0.3 is 20.3 Å². The molecule has 0 unspecified atom stereocenters. The van der Waals surface area contributed by atoms with Gasteiger partial charge in [0.1, 0.15) is 17.5 Å². The number of alkyl halides is 2. The van der Waals surface area contributed by atoms with Crippen LogP contribution in [0.1, 0.15) is 67.6 Å². The van der Waals surface area contributed by atoms with E-state index in [1.165, 1.54) is 19.2 Å². The number of anilines is 1. The maximum absolute atomic E-state index is 14.7. The average Bonchev–Trinajstić information content (AvgIpc) is 2.80. The van der Waals surface area contributed by atoms with Crippen LogP contribution >= 0.6 is 0 Å². The van der Waals surface area contributed by atoms with Crippen LogP contribution in [-0.4, -0.2) is 38.4 Å². The second kappa shape index (κ2) is 9.34. The Morgan fingerprint density at radius 1 is 1.15 bits per heavy atom. The molecule has 1 atom stereocenters. The Kier molecular flexibility index (Phi) is 6.64. The Labute approximate surface area is 195 Å². The normalized spacial score (nSPS) is 21.6. The van der Waals surface area contributed by atoms with Gasteiger partial charge in [0.25, 0.3) is 6.43 Å². The van der Waals surface area contributed by atoms with Crippen LogP contribution in [0.5, 0.6) is 5.88 Å². The number of pyridine rings is 1. The summed E-state index contributed by atoms with van der Waals surface area (Å²) < 4.78 is 46.5. The molecule has 0 saturated heterocycles. The summed E-state index contributed by atoms with van der Waals surface area (Å²) in [7, 11) is 1.45. The van der Waals surface area contributed by atoms with Crippen LogP contribution in [0, 0.1) is 12.7 Å². The third-order valence-electron chi connectivity index (χ3n) is 6.35. The molecule has 0 bridgehead atoms. The highest BCUT2D eigenvalue weighted by atomic mass is 19.3. The summed E-state index contributed by atoms with van der Waals surface area (Å²) in [6.07, 6.45) is -1.87. The molecule has 182 valence electrons. The zero-order valence-corrected chi connectivity index (χ0v) is 19.1. The summed E-state index contributed by atoms with van der Waals surface area (Å²) >= 11 is 0. The first-order valence-electron chi connectivity index (χ1n) is 11.1. The van der Waals surface area contributed by atoms with E-state index in [1.54, 1.807) is 19.9 Å². The van der Waals surface area contributed by atoms with E-state index in [4.69, 9.17) is 4.74 Å². The second-order valence-corrected chi connectivity index (χ2v) is 8.72. The number of hydrogen-bond acceptors (Lipinski definition) is 7. The van der Waals surface area contributed by atoms with Crippen LogP contribution in [-0.2, 0) is 5.60 Å². The Hall–Kier alpha value is -2.98. The molecule has 3 N–H and O–H groups in total. The molecule has 1 aromatic carbocycles. The first-order chi connectivity index (χ1) is 16.1. The summed E-state index contributed by atoms with van der Waals surface area (Å²) in [5.74, 6) is -0.0270. The third kappa shape index (κ3) is 4.52. The molecule has 1 fully saturated rings. The fourth-order valence-electron chi connectivity index (χ4n) is 4.45. The van der Waals surface area contributed by atoms with Crippen molar-refractivity contribution in [1.82, 2.24) is 15.0 Å². The lowest BCUT2D eigenvalue weighted by atomic mass is 9.78. The van der Waals surface area contributed by atoms with Crippen LogP contribution in [0.3, 0.4) is 0 Å². The van der Waals surface area contributed by atoms with Crippen molar-refractivity contribution >= 4 is 16.9 Å². The van der Waals surface area contributed by atoms with E-state index in [9.17, 15) is 23.4 Å². The molecule has 0 amide bonds. The number of aryl methyl sites for hydroxylation is 1. The highest BCUT2D eigenvalue weighted by Crippen LogP contribution is 2.42.